The van der Waals surface area contributed by atoms with Crippen LogP contribution in [0.2, 0.25) is 0 Å². The number of carbonyl (C=O) groups excluding carboxylic acids is 1. The second-order valence-corrected chi connectivity index (χ2v) is 10.3. The minimum atomic E-state index is -4.26. The van der Waals surface area contributed by atoms with Crippen LogP contribution in [0.3, 0.4) is 0 Å². The van der Waals surface area contributed by atoms with E-state index < -0.39 is 44.6 Å². The molecule has 3 rings (SSSR count). The SMILES string of the molecule is CC(C)S(=O)(=O)N(C(=O)Nc1cc(F)cc(F)c1)C1CCCCC1(F)c1ccccc1. The molecule has 0 radical (unpaired) electrons. The Kier molecular flexibility index (Phi) is 6.64. The van der Waals surface area contributed by atoms with Crippen LogP contribution in [0.25, 0.3) is 0 Å². The normalized spacial score (nSPS) is 21.7. The highest BCUT2D eigenvalue weighted by Gasteiger charge is 2.51. The van der Waals surface area contributed by atoms with E-state index in [1.807, 2.05) is 0 Å². The number of nitrogens with one attached hydrogen (secondary N) is 1. The molecular weight excluding hydrogens is 429 g/mol. The van der Waals surface area contributed by atoms with Crippen molar-refractivity contribution in [2.45, 2.75) is 56.5 Å². The predicted octanol–water partition coefficient (Wildman–Crippen LogP) is 5.34. The van der Waals surface area contributed by atoms with Gasteiger partial charge in [0.05, 0.1) is 11.3 Å². The van der Waals surface area contributed by atoms with Gasteiger partial charge in [-0.1, -0.05) is 36.8 Å². The molecule has 2 aromatic rings. The van der Waals surface area contributed by atoms with Gasteiger partial charge in [0, 0.05) is 11.8 Å². The van der Waals surface area contributed by atoms with Crippen LogP contribution in [-0.4, -0.2) is 30.0 Å². The fourth-order valence-electron chi connectivity index (χ4n) is 3.94. The summed E-state index contributed by atoms with van der Waals surface area (Å²) in [6.45, 7) is 2.78. The Labute approximate surface area is 180 Å². The number of carbonyl (C=O) groups is 1. The molecule has 1 N–H and O–H groups in total. The predicted molar refractivity (Wildman–Crippen MR) is 113 cm³/mol. The lowest BCUT2D eigenvalue weighted by molar-refractivity contribution is 0.0348. The van der Waals surface area contributed by atoms with E-state index in [-0.39, 0.29) is 24.1 Å². The smallest absolute Gasteiger partial charge is 0.307 e. The molecule has 0 saturated heterocycles. The first-order valence-corrected chi connectivity index (χ1v) is 11.6. The van der Waals surface area contributed by atoms with Gasteiger partial charge in [0.1, 0.15) is 11.6 Å². The van der Waals surface area contributed by atoms with Gasteiger partial charge in [-0.05, 0) is 50.8 Å². The summed E-state index contributed by atoms with van der Waals surface area (Å²) in [7, 11) is -4.26. The Morgan fingerprint density at radius 1 is 1.10 bits per heavy atom. The van der Waals surface area contributed by atoms with Gasteiger partial charge in [0.25, 0.3) is 0 Å². The van der Waals surface area contributed by atoms with Crippen LogP contribution in [0, 0.1) is 11.6 Å². The van der Waals surface area contributed by atoms with Gasteiger partial charge in [-0.3, -0.25) is 0 Å². The van der Waals surface area contributed by atoms with Gasteiger partial charge in [0.2, 0.25) is 10.0 Å². The average Bonchev–Trinajstić information content (AvgIpc) is 2.69. The number of rotatable bonds is 5. The summed E-state index contributed by atoms with van der Waals surface area (Å²) in [5.74, 6) is -1.87. The molecule has 0 aromatic heterocycles. The summed E-state index contributed by atoms with van der Waals surface area (Å²) in [6, 6.07) is 8.07. The first kappa shape index (κ1) is 23.1. The zero-order chi connectivity index (χ0) is 22.8. The van der Waals surface area contributed by atoms with Crippen molar-refractivity contribution in [2.75, 3.05) is 5.32 Å². The van der Waals surface area contributed by atoms with Crippen molar-refractivity contribution < 1.29 is 26.4 Å². The Balaban J connectivity index is 2.06. The van der Waals surface area contributed by atoms with E-state index in [0.717, 1.165) is 12.1 Å². The second-order valence-electron chi connectivity index (χ2n) is 7.97. The molecule has 0 bridgehead atoms. The van der Waals surface area contributed by atoms with Crippen molar-refractivity contribution in [3.05, 3.63) is 65.7 Å². The molecule has 168 valence electrons. The maximum absolute atomic E-state index is 16.4. The fourth-order valence-corrected chi connectivity index (χ4v) is 5.29. The average molecular weight is 455 g/mol. The summed E-state index contributed by atoms with van der Waals surface area (Å²) in [4.78, 5) is 13.1. The molecule has 1 aliphatic carbocycles. The lowest BCUT2D eigenvalue weighted by atomic mass is 9.77. The number of hydrogen-bond donors (Lipinski definition) is 1. The number of alkyl halides is 1. The molecule has 1 saturated carbocycles. The van der Waals surface area contributed by atoms with E-state index in [4.69, 9.17) is 0 Å². The van der Waals surface area contributed by atoms with E-state index >= 15 is 4.39 Å². The third kappa shape index (κ3) is 4.71. The molecular formula is C22H25F3N2O3S. The molecule has 0 heterocycles. The lowest BCUT2D eigenvalue weighted by Crippen LogP contribution is -2.57. The first-order chi connectivity index (χ1) is 14.6. The minimum Gasteiger partial charge on any atom is -0.307 e. The Morgan fingerprint density at radius 2 is 1.71 bits per heavy atom. The molecule has 31 heavy (non-hydrogen) atoms. The summed E-state index contributed by atoms with van der Waals surface area (Å²) in [5.41, 5.74) is -2.06. The van der Waals surface area contributed by atoms with Crippen LogP contribution >= 0.6 is 0 Å². The van der Waals surface area contributed by atoms with Crippen molar-refractivity contribution in [1.82, 2.24) is 4.31 Å². The van der Waals surface area contributed by atoms with Crippen molar-refractivity contribution in [3.8, 4) is 0 Å². The van der Waals surface area contributed by atoms with Crippen molar-refractivity contribution in [1.29, 1.82) is 0 Å². The highest BCUT2D eigenvalue weighted by molar-refractivity contribution is 7.90. The van der Waals surface area contributed by atoms with E-state index in [0.29, 0.717) is 23.2 Å². The number of nitrogens with zero attached hydrogens (tertiary/aromatic N) is 1. The molecule has 2 unspecified atom stereocenters. The van der Waals surface area contributed by atoms with Crippen LogP contribution in [0.1, 0.15) is 45.1 Å². The maximum Gasteiger partial charge on any atom is 0.335 e. The highest BCUT2D eigenvalue weighted by atomic mass is 32.2. The van der Waals surface area contributed by atoms with Gasteiger partial charge >= 0.3 is 6.03 Å². The number of halogens is 3. The van der Waals surface area contributed by atoms with Crippen LogP contribution in [0.4, 0.5) is 23.7 Å². The zero-order valence-corrected chi connectivity index (χ0v) is 18.1. The largest absolute Gasteiger partial charge is 0.335 e. The zero-order valence-electron chi connectivity index (χ0n) is 17.3. The standard InChI is InChI=1S/C22H25F3N2O3S/c1-15(2)31(29,30)27(21(28)26-19-13-17(23)12-18(24)14-19)20-10-6-7-11-22(20,25)16-8-4-3-5-9-16/h3-5,8-9,12-15,20H,6-7,10-11H2,1-2H3,(H,26,28). The number of anilines is 1. The molecule has 2 amide bonds. The number of sulfonamides is 1. The van der Waals surface area contributed by atoms with Crippen molar-refractivity contribution >= 4 is 21.7 Å². The highest BCUT2D eigenvalue weighted by Crippen LogP contribution is 2.44. The monoisotopic (exact) mass is 454 g/mol. The van der Waals surface area contributed by atoms with Crippen LogP contribution in [0.5, 0.6) is 0 Å². The van der Waals surface area contributed by atoms with Crippen molar-refractivity contribution in [3.63, 3.8) is 0 Å². The molecule has 0 aliphatic heterocycles. The minimum absolute atomic E-state index is 0.0493. The molecule has 2 atom stereocenters. The number of amides is 2. The second kappa shape index (κ2) is 8.90. The van der Waals surface area contributed by atoms with E-state index in [2.05, 4.69) is 5.32 Å². The van der Waals surface area contributed by atoms with E-state index in [9.17, 15) is 22.0 Å². The van der Waals surface area contributed by atoms with Gasteiger partial charge in [-0.15, -0.1) is 0 Å². The third-order valence-electron chi connectivity index (χ3n) is 5.52. The molecule has 1 fully saturated rings. The van der Waals surface area contributed by atoms with Gasteiger partial charge in [-0.2, -0.15) is 0 Å². The fraction of sp³-hybridized carbons (Fsp3) is 0.409. The molecule has 5 nitrogen and oxygen atoms in total. The van der Waals surface area contributed by atoms with Gasteiger partial charge < -0.3 is 5.32 Å². The quantitative estimate of drug-likeness (QED) is 0.663. The summed E-state index contributed by atoms with van der Waals surface area (Å²) in [6.07, 6.45) is 1.25. The van der Waals surface area contributed by atoms with Crippen LogP contribution < -0.4 is 5.32 Å². The van der Waals surface area contributed by atoms with E-state index in [1.165, 1.54) is 13.8 Å². The Morgan fingerprint density at radius 3 is 2.29 bits per heavy atom. The van der Waals surface area contributed by atoms with Gasteiger partial charge in [0.15, 0.2) is 5.67 Å². The third-order valence-corrected chi connectivity index (χ3v) is 7.68. The Hall–Kier alpha value is -2.55. The molecule has 9 heteroatoms. The van der Waals surface area contributed by atoms with E-state index in [1.54, 1.807) is 30.3 Å². The topological polar surface area (TPSA) is 66.5 Å². The number of urea groups is 1. The Bertz CT molecular complexity index is 1030. The summed E-state index contributed by atoms with van der Waals surface area (Å²) < 4.78 is 70.4. The number of benzene rings is 2. The van der Waals surface area contributed by atoms with Crippen molar-refractivity contribution in [2.24, 2.45) is 0 Å². The molecule has 1 aliphatic rings. The van der Waals surface area contributed by atoms with Crippen LogP contribution in [-0.2, 0) is 15.7 Å². The number of hydrogen-bond acceptors (Lipinski definition) is 3. The van der Waals surface area contributed by atoms with Crippen LogP contribution in [0.15, 0.2) is 48.5 Å². The maximum atomic E-state index is 16.4. The molecule has 2 aromatic carbocycles. The van der Waals surface area contributed by atoms with Gasteiger partial charge in [-0.25, -0.2) is 30.7 Å². The molecule has 0 spiro atoms. The summed E-state index contributed by atoms with van der Waals surface area (Å²) in [5, 5.41) is 1.22. The summed E-state index contributed by atoms with van der Waals surface area (Å²) >= 11 is 0. The lowest BCUT2D eigenvalue weighted by Gasteiger charge is -2.44. The first-order valence-electron chi connectivity index (χ1n) is 10.1.